The molecular weight excluding hydrogens is 552 g/mol. The molecule has 0 unspecified atom stereocenters. The minimum atomic E-state index is -0.499. The fraction of sp³-hybridized carbons (Fsp3) is 0.625. The van der Waals surface area contributed by atoms with Crippen LogP contribution < -0.4 is 5.32 Å². The molecular formula is C32H48N4O5S. The van der Waals surface area contributed by atoms with E-state index in [0.29, 0.717) is 13.0 Å². The fourth-order valence-electron chi connectivity index (χ4n) is 6.13. The number of methoxy groups -OCH3 is 2. The van der Waals surface area contributed by atoms with E-state index in [2.05, 4.69) is 24.1 Å². The molecule has 3 rings (SSSR count). The first-order valence-electron chi connectivity index (χ1n) is 14.9. The predicted molar refractivity (Wildman–Crippen MR) is 165 cm³/mol. The van der Waals surface area contributed by atoms with Crippen LogP contribution in [0.2, 0.25) is 0 Å². The summed E-state index contributed by atoms with van der Waals surface area (Å²) in [6.07, 6.45) is 4.05. The van der Waals surface area contributed by atoms with Crippen LogP contribution in [0.1, 0.15) is 70.0 Å². The molecule has 0 saturated carbocycles. The van der Waals surface area contributed by atoms with Crippen LogP contribution in [0.15, 0.2) is 41.9 Å². The third kappa shape index (κ3) is 8.39. The van der Waals surface area contributed by atoms with Gasteiger partial charge in [0.2, 0.25) is 17.7 Å². The molecule has 1 aliphatic rings. The summed E-state index contributed by atoms with van der Waals surface area (Å²) < 4.78 is 11.8. The minimum absolute atomic E-state index is 0.0472. The maximum atomic E-state index is 13.8. The number of likely N-dealkylation sites (tertiary alicyclic amines) is 1. The number of rotatable bonds is 15. The van der Waals surface area contributed by atoms with Gasteiger partial charge in [-0.15, -0.1) is 11.3 Å². The first-order chi connectivity index (χ1) is 20.1. The number of carbonyl (C=O) groups excluding carboxylic acids is 3. The molecule has 1 aliphatic heterocycles. The second-order valence-electron chi connectivity index (χ2n) is 11.4. The zero-order valence-corrected chi connectivity index (χ0v) is 26.9. The standard InChI is InChI=1S/C32H48N4O5S/c1-8-21(2)29(35(5)23(4)37)27(40-6)20-28(38)36-17-12-15-26(36)30(41-7)22(3)31(39)34-25(32-33-16-18-42-32)19-24-13-10-9-11-14-24/h9-11,13-14,16,18,21-22,25-27,29-30H,8,12,15,17,19-20H2,1-7H3,(H,34,39)/t21-,22+,25-,26-,27+,29-,30+/m0/s1. The van der Waals surface area contributed by atoms with Crippen molar-refractivity contribution in [1.82, 2.24) is 20.1 Å². The largest absolute Gasteiger partial charge is 0.379 e. The van der Waals surface area contributed by atoms with E-state index >= 15 is 0 Å². The topological polar surface area (TPSA) is 101 Å². The zero-order valence-electron chi connectivity index (χ0n) is 26.1. The van der Waals surface area contributed by atoms with Crippen molar-refractivity contribution in [3.05, 3.63) is 52.5 Å². The Hall–Kier alpha value is -2.82. The van der Waals surface area contributed by atoms with E-state index in [1.165, 1.54) is 18.3 Å². The second-order valence-corrected chi connectivity index (χ2v) is 12.3. The van der Waals surface area contributed by atoms with Gasteiger partial charge in [0, 0.05) is 46.3 Å². The number of carbonyl (C=O) groups is 3. The third-order valence-corrected chi connectivity index (χ3v) is 9.65. The van der Waals surface area contributed by atoms with E-state index in [9.17, 15) is 14.4 Å². The van der Waals surface area contributed by atoms with Gasteiger partial charge in [0.15, 0.2) is 0 Å². The van der Waals surface area contributed by atoms with E-state index in [1.807, 2.05) is 47.5 Å². The quantitative estimate of drug-likeness (QED) is 0.324. The van der Waals surface area contributed by atoms with Gasteiger partial charge in [-0.2, -0.15) is 0 Å². The van der Waals surface area contributed by atoms with Gasteiger partial charge < -0.3 is 24.6 Å². The Bertz CT molecular complexity index is 1130. The van der Waals surface area contributed by atoms with Crippen LogP contribution in [-0.4, -0.2) is 84.6 Å². The summed E-state index contributed by atoms with van der Waals surface area (Å²) in [5.74, 6) is -0.581. The maximum Gasteiger partial charge on any atom is 0.226 e. The molecule has 1 N–H and O–H groups in total. The number of likely N-dealkylation sites (N-methyl/N-ethyl adjacent to an activating group) is 1. The van der Waals surface area contributed by atoms with Crippen molar-refractivity contribution in [1.29, 1.82) is 0 Å². The Labute approximate surface area is 255 Å². The Morgan fingerprint density at radius 2 is 1.88 bits per heavy atom. The average molecular weight is 601 g/mol. The summed E-state index contributed by atoms with van der Waals surface area (Å²) in [5.41, 5.74) is 1.11. The van der Waals surface area contributed by atoms with E-state index in [-0.39, 0.29) is 48.2 Å². The molecule has 7 atom stereocenters. The molecule has 1 aromatic carbocycles. The first kappa shape index (κ1) is 33.7. The number of nitrogens with zero attached hydrogens (tertiary/aromatic N) is 3. The van der Waals surface area contributed by atoms with Crippen LogP contribution in [0.3, 0.4) is 0 Å². The van der Waals surface area contributed by atoms with Gasteiger partial charge in [0.25, 0.3) is 0 Å². The number of amides is 3. The molecule has 0 aliphatic carbocycles. The molecule has 0 bridgehead atoms. The Morgan fingerprint density at radius 3 is 2.45 bits per heavy atom. The highest BCUT2D eigenvalue weighted by Crippen LogP contribution is 2.30. The van der Waals surface area contributed by atoms with Gasteiger partial charge >= 0.3 is 0 Å². The van der Waals surface area contributed by atoms with Crippen molar-refractivity contribution in [2.45, 2.75) is 90.1 Å². The lowest BCUT2D eigenvalue weighted by atomic mass is 9.90. The van der Waals surface area contributed by atoms with E-state index in [4.69, 9.17) is 9.47 Å². The van der Waals surface area contributed by atoms with Crippen LogP contribution in [0.5, 0.6) is 0 Å². The number of aromatic nitrogens is 1. The van der Waals surface area contributed by atoms with Crippen molar-refractivity contribution in [3.8, 4) is 0 Å². The van der Waals surface area contributed by atoms with Gasteiger partial charge in [-0.05, 0) is 30.7 Å². The van der Waals surface area contributed by atoms with E-state index in [1.54, 1.807) is 32.4 Å². The number of thiazole rings is 1. The Balaban J connectivity index is 1.74. The Morgan fingerprint density at radius 1 is 1.17 bits per heavy atom. The van der Waals surface area contributed by atoms with Crippen LogP contribution in [-0.2, 0) is 30.3 Å². The Kier molecular flexibility index (Phi) is 12.9. The molecule has 232 valence electrons. The van der Waals surface area contributed by atoms with Gasteiger partial charge in [-0.25, -0.2) is 4.98 Å². The van der Waals surface area contributed by atoms with Crippen molar-refractivity contribution in [3.63, 3.8) is 0 Å². The monoisotopic (exact) mass is 600 g/mol. The SMILES string of the molecule is CC[C@H](C)[C@@H]([C@@H](CC(=O)N1CCC[C@H]1[C@H](OC)[C@@H](C)C(=O)N[C@@H](Cc1ccccc1)c1nccs1)OC)N(C)C(C)=O. The summed E-state index contributed by atoms with van der Waals surface area (Å²) in [6.45, 7) is 8.16. The van der Waals surface area contributed by atoms with Crippen LogP contribution in [0, 0.1) is 11.8 Å². The smallest absolute Gasteiger partial charge is 0.226 e. The summed E-state index contributed by atoms with van der Waals surface area (Å²) in [6, 6.07) is 9.32. The number of nitrogens with one attached hydrogen (secondary N) is 1. The molecule has 10 heteroatoms. The zero-order chi connectivity index (χ0) is 30.8. The summed E-state index contributed by atoms with van der Waals surface area (Å²) >= 11 is 1.52. The molecule has 1 saturated heterocycles. The van der Waals surface area contributed by atoms with Crippen LogP contribution in [0.4, 0.5) is 0 Å². The van der Waals surface area contributed by atoms with Crippen LogP contribution in [0.25, 0.3) is 0 Å². The highest BCUT2D eigenvalue weighted by Gasteiger charge is 2.42. The lowest BCUT2D eigenvalue weighted by Crippen LogP contribution is -2.53. The molecule has 2 heterocycles. The van der Waals surface area contributed by atoms with Crippen molar-refractivity contribution in [2.24, 2.45) is 11.8 Å². The minimum Gasteiger partial charge on any atom is -0.379 e. The molecule has 0 spiro atoms. The number of hydrogen-bond donors (Lipinski definition) is 1. The lowest BCUT2D eigenvalue weighted by Gasteiger charge is -2.39. The molecule has 9 nitrogen and oxygen atoms in total. The normalized spacial score (nSPS) is 19.4. The predicted octanol–water partition coefficient (Wildman–Crippen LogP) is 4.48. The highest BCUT2D eigenvalue weighted by molar-refractivity contribution is 7.09. The summed E-state index contributed by atoms with van der Waals surface area (Å²) in [5, 5.41) is 5.98. The average Bonchev–Trinajstić information content (AvgIpc) is 3.70. The number of ether oxygens (including phenoxy) is 2. The summed E-state index contributed by atoms with van der Waals surface area (Å²) in [4.78, 5) is 47.7. The molecule has 2 aromatic rings. The molecule has 3 amide bonds. The van der Waals surface area contributed by atoms with Crippen molar-refractivity contribution < 1.29 is 23.9 Å². The number of hydrogen-bond acceptors (Lipinski definition) is 7. The highest BCUT2D eigenvalue weighted by atomic mass is 32.1. The molecule has 1 aromatic heterocycles. The van der Waals surface area contributed by atoms with Crippen LogP contribution >= 0.6 is 11.3 Å². The first-order valence-corrected chi connectivity index (χ1v) is 15.8. The second kappa shape index (κ2) is 16.1. The van der Waals surface area contributed by atoms with E-state index < -0.39 is 18.1 Å². The number of benzene rings is 1. The van der Waals surface area contributed by atoms with Crippen molar-refractivity contribution >= 4 is 29.1 Å². The fourth-order valence-corrected chi connectivity index (χ4v) is 6.82. The van der Waals surface area contributed by atoms with Crippen molar-refractivity contribution in [2.75, 3.05) is 27.8 Å². The summed E-state index contributed by atoms with van der Waals surface area (Å²) in [7, 11) is 4.98. The molecule has 0 radical (unpaired) electrons. The lowest BCUT2D eigenvalue weighted by molar-refractivity contribution is -0.145. The van der Waals surface area contributed by atoms with Gasteiger partial charge in [-0.3, -0.25) is 14.4 Å². The van der Waals surface area contributed by atoms with E-state index in [0.717, 1.165) is 29.8 Å². The van der Waals surface area contributed by atoms with Gasteiger partial charge in [0.05, 0.1) is 42.7 Å². The third-order valence-electron chi connectivity index (χ3n) is 8.76. The van der Waals surface area contributed by atoms with Gasteiger partial charge in [-0.1, -0.05) is 57.5 Å². The maximum absolute atomic E-state index is 13.8. The molecule has 42 heavy (non-hydrogen) atoms. The molecule has 1 fully saturated rings. The van der Waals surface area contributed by atoms with Gasteiger partial charge in [0.1, 0.15) is 5.01 Å².